The van der Waals surface area contributed by atoms with E-state index in [1.165, 1.54) is 0 Å². The Morgan fingerprint density at radius 2 is 1.83 bits per heavy atom. The number of ether oxygens (including phenoxy) is 3. The van der Waals surface area contributed by atoms with Crippen molar-refractivity contribution in [1.82, 2.24) is 15.3 Å². The molecule has 1 N–H and O–H groups in total. The Labute approximate surface area is 181 Å². The molecule has 0 aliphatic carbocycles. The Bertz CT molecular complexity index is 864. The molecule has 9 heteroatoms. The van der Waals surface area contributed by atoms with Gasteiger partial charge in [-0.1, -0.05) is 11.6 Å². The zero-order chi connectivity index (χ0) is 21.5. The number of aromatic nitrogens is 2. The number of halogens is 1. The van der Waals surface area contributed by atoms with Crippen molar-refractivity contribution in [2.45, 2.75) is 20.8 Å². The lowest BCUT2D eigenvalue weighted by Gasteiger charge is -2.28. The van der Waals surface area contributed by atoms with Crippen LogP contribution in [0.3, 0.4) is 0 Å². The number of aryl methyl sites for hydroxylation is 3. The predicted octanol–water partition coefficient (Wildman–Crippen LogP) is 2.47. The number of nitrogens with one attached hydrogen (secondary N) is 1. The summed E-state index contributed by atoms with van der Waals surface area (Å²) in [6.07, 6.45) is 0. The van der Waals surface area contributed by atoms with Gasteiger partial charge in [-0.15, -0.1) is 0 Å². The molecule has 0 unspecified atom stereocenters. The molecular weight excluding hydrogens is 408 g/mol. The van der Waals surface area contributed by atoms with E-state index in [1.54, 1.807) is 0 Å². The Hall–Kier alpha value is -2.58. The molecule has 1 fully saturated rings. The van der Waals surface area contributed by atoms with E-state index in [4.69, 9.17) is 25.8 Å². The minimum absolute atomic E-state index is 0.0751. The number of anilines is 1. The monoisotopic (exact) mass is 434 g/mol. The lowest BCUT2D eigenvalue weighted by Crippen LogP contribution is -2.37. The highest BCUT2D eigenvalue weighted by Crippen LogP contribution is 2.25. The molecular formula is C21H27ClN4O4. The molecule has 1 aromatic heterocycles. The van der Waals surface area contributed by atoms with Crippen molar-refractivity contribution in [2.24, 2.45) is 0 Å². The van der Waals surface area contributed by atoms with Gasteiger partial charge in [0.2, 0.25) is 5.88 Å². The summed E-state index contributed by atoms with van der Waals surface area (Å²) in [4.78, 5) is 22.9. The molecule has 162 valence electrons. The fraction of sp³-hybridized carbons (Fsp3) is 0.476. The smallest absolute Gasteiger partial charge is 0.258 e. The molecule has 1 aliphatic rings. The number of nitrogens with zero attached hydrogens (tertiary/aromatic N) is 3. The van der Waals surface area contributed by atoms with Crippen LogP contribution in [0.25, 0.3) is 0 Å². The van der Waals surface area contributed by atoms with Crippen LogP contribution in [0.4, 0.5) is 5.82 Å². The van der Waals surface area contributed by atoms with Crippen LogP contribution in [0.1, 0.15) is 17.0 Å². The van der Waals surface area contributed by atoms with E-state index >= 15 is 0 Å². The van der Waals surface area contributed by atoms with Crippen molar-refractivity contribution in [3.63, 3.8) is 0 Å². The summed E-state index contributed by atoms with van der Waals surface area (Å²) in [6.45, 7) is 9.14. The van der Waals surface area contributed by atoms with Crippen molar-refractivity contribution in [3.05, 3.63) is 40.2 Å². The quantitative estimate of drug-likeness (QED) is 0.638. The second-order valence-electron chi connectivity index (χ2n) is 7.07. The van der Waals surface area contributed by atoms with Crippen LogP contribution >= 0.6 is 11.6 Å². The third kappa shape index (κ3) is 6.21. The van der Waals surface area contributed by atoms with Gasteiger partial charge in [-0.25, -0.2) is 4.98 Å². The molecule has 3 rings (SSSR count). The third-order valence-corrected chi connectivity index (χ3v) is 5.19. The lowest BCUT2D eigenvalue weighted by molar-refractivity contribution is -0.123. The van der Waals surface area contributed by atoms with Crippen LogP contribution < -0.4 is 19.7 Å². The average molecular weight is 435 g/mol. The highest BCUT2D eigenvalue weighted by Gasteiger charge is 2.14. The molecule has 2 heterocycles. The number of rotatable bonds is 8. The normalized spacial score (nSPS) is 13.8. The molecule has 0 saturated carbocycles. The largest absolute Gasteiger partial charge is 0.484 e. The molecule has 0 atom stereocenters. The van der Waals surface area contributed by atoms with Crippen LogP contribution in [0.2, 0.25) is 5.02 Å². The number of carbonyl (C=O) groups excluding carboxylic acids is 1. The van der Waals surface area contributed by atoms with Gasteiger partial charge in [-0.3, -0.25) is 4.79 Å². The summed E-state index contributed by atoms with van der Waals surface area (Å²) in [5, 5.41) is 3.48. The van der Waals surface area contributed by atoms with Crippen LogP contribution in [0.15, 0.2) is 18.2 Å². The van der Waals surface area contributed by atoms with Gasteiger partial charge in [-0.05, 0) is 44.0 Å². The topological polar surface area (TPSA) is 85.8 Å². The summed E-state index contributed by atoms with van der Waals surface area (Å²) in [6, 6.07) is 5.44. The van der Waals surface area contributed by atoms with Gasteiger partial charge in [0.1, 0.15) is 24.0 Å². The fourth-order valence-electron chi connectivity index (χ4n) is 3.09. The Morgan fingerprint density at radius 1 is 1.13 bits per heavy atom. The van der Waals surface area contributed by atoms with E-state index in [9.17, 15) is 4.79 Å². The minimum Gasteiger partial charge on any atom is -0.484 e. The number of benzene rings is 1. The number of morpholine rings is 1. The Balaban J connectivity index is 1.42. The van der Waals surface area contributed by atoms with Crippen molar-refractivity contribution in [2.75, 3.05) is 51.0 Å². The van der Waals surface area contributed by atoms with Gasteiger partial charge in [0, 0.05) is 24.2 Å². The average Bonchev–Trinajstić information content (AvgIpc) is 2.73. The first-order valence-electron chi connectivity index (χ1n) is 9.90. The van der Waals surface area contributed by atoms with Gasteiger partial charge in [0.05, 0.1) is 19.8 Å². The minimum atomic E-state index is -0.225. The van der Waals surface area contributed by atoms with E-state index in [2.05, 4.69) is 20.2 Å². The maximum Gasteiger partial charge on any atom is 0.258 e. The van der Waals surface area contributed by atoms with Gasteiger partial charge in [-0.2, -0.15) is 4.98 Å². The highest BCUT2D eigenvalue weighted by molar-refractivity contribution is 6.32. The van der Waals surface area contributed by atoms with Crippen molar-refractivity contribution < 1.29 is 19.0 Å². The zero-order valence-corrected chi connectivity index (χ0v) is 18.3. The van der Waals surface area contributed by atoms with Crippen LogP contribution in [-0.2, 0) is 9.53 Å². The van der Waals surface area contributed by atoms with Gasteiger partial charge < -0.3 is 24.4 Å². The molecule has 30 heavy (non-hydrogen) atoms. The second kappa shape index (κ2) is 10.4. The number of hydrogen-bond donors (Lipinski definition) is 1. The number of carbonyl (C=O) groups is 1. The molecule has 8 nitrogen and oxygen atoms in total. The molecule has 1 aromatic carbocycles. The third-order valence-electron chi connectivity index (χ3n) is 4.59. The van der Waals surface area contributed by atoms with Crippen molar-refractivity contribution >= 4 is 23.3 Å². The van der Waals surface area contributed by atoms with E-state index in [-0.39, 0.29) is 12.5 Å². The van der Waals surface area contributed by atoms with Crippen LogP contribution in [-0.4, -0.2) is 61.9 Å². The molecule has 0 radical (unpaired) electrons. The molecule has 0 spiro atoms. The maximum atomic E-state index is 12.0. The summed E-state index contributed by atoms with van der Waals surface area (Å²) in [5.74, 6) is 2.35. The first kappa shape index (κ1) is 22.1. The molecule has 1 amide bonds. The van der Waals surface area contributed by atoms with Crippen LogP contribution in [0.5, 0.6) is 11.6 Å². The fourth-order valence-corrected chi connectivity index (χ4v) is 3.20. The summed E-state index contributed by atoms with van der Waals surface area (Å²) >= 11 is 6.14. The van der Waals surface area contributed by atoms with Crippen molar-refractivity contribution in [3.8, 4) is 11.6 Å². The zero-order valence-electron chi connectivity index (χ0n) is 17.5. The second-order valence-corrected chi connectivity index (χ2v) is 7.45. The Morgan fingerprint density at radius 3 is 2.53 bits per heavy atom. The van der Waals surface area contributed by atoms with Crippen LogP contribution in [0, 0.1) is 20.8 Å². The lowest BCUT2D eigenvalue weighted by atomic mass is 10.1. The Kier molecular flexibility index (Phi) is 7.70. The van der Waals surface area contributed by atoms with E-state index in [1.807, 2.05) is 39.0 Å². The number of hydrogen-bond acceptors (Lipinski definition) is 7. The van der Waals surface area contributed by atoms with Gasteiger partial charge >= 0.3 is 0 Å². The summed E-state index contributed by atoms with van der Waals surface area (Å²) in [7, 11) is 0. The summed E-state index contributed by atoms with van der Waals surface area (Å²) in [5.41, 5.74) is 1.83. The standard InChI is InChI=1S/C21H27ClN4O4/c1-14-10-17(11-15(2)21(14)22)30-13-19(27)23-4-7-29-20-12-18(24-16(3)25-20)26-5-8-28-9-6-26/h10-12H,4-9,13H2,1-3H3,(H,23,27). The molecule has 1 saturated heterocycles. The van der Waals surface area contributed by atoms with E-state index < -0.39 is 0 Å². The number of amides is 1. The van der Waals surface area contributed by atoms with Gasteiger partial charge in [0.25, 0.3) is 5.91 Å². The first-order valence-corrected chi connectivity index (χ1v) is 10.3. The molecule has 0 bridgehead atoms. The molecule has 1 aliphatic heterocycles. The molecule has 2 aromatic rings. The SMILES string of the molecule is Cc1nc(OCCNC(=O)COc2cc(C)c(Cl)c(C)c2)cc(N2CCOCC2)n1. The van der Waals surface area contributed by atoms with E-state index in [0.717, 1.165) is 30.0 Å². The van der Waals surface area contributed by atoms with Gasteiger partial charge in [0.15, 0.2) is 6.61 Å². The van der Waals surface area contributed by atoms with Crippen molar-refractivity contribution in [1.29, 1.82) is 0 Å². The predicted molar refractivity (Wildman–Crippen MR) is 115 cm³/mol. The highest BCUT2D eigenvalue weighted by atomic mass is 35.5. The first-order chi connectivity index (χ1) is 14.4. The summed E-state index contributed by atoms with van der Waals surface area (Å²) < 4.78 is 16.6. The maximum absolute atomic E-state index is 12.0. The van der Waals surface area contributed by atoms with E-state index in [0.29, 0.717) is 48.8 Å².